The van der Waals surface area contributed by atoms with Crippen molar-refractivity contribution in [2.45, 2.75) is 68.8 Å². The number of fused-ring (bicyclic) bond motifs is 4. The summed E-state index contributed by atoms with van der Waals surface area (Å²) in [6, 6.07) is 11.4. The highest BCUT2D eigenvalue weighted by Gasteiger charge is 2.48. The van der Waals surface area contributed by atoms with Crippen LogP contribution in [0.4, 0.5) is 5.69 Å². The van der Waals surface area contributed by atoms with E-state index in [1.165, 1.54) is 11.1 Å². The Bertz CT molecular complexity index is 1500. The molecule has 1 saturated carbocycles. The summed E-state index contributed by atoms with van der Waals surface area (Å²) in [5.74, 6) is 0.184. The lowest BCUT2D eigenvalue weighted by atomic mass is 9.63. The third-order valence-electron chi connectivity index (χ3n) is 9.91. The number of ether oxygens (including phenoxy) is 1. The second-order valence-corrected chi connectivity index (χ2v) is 14.9. The molecule has 1 amide bonds. The second kappa shape index (κ2) is 11.5. The standard InChI is InChI=1S/C32H40ClN3O5S/c1-34-19-32(38)14-3-2-4-15-42(39,40)35-30(37)23-8-12-29-28(17-23)36(18-24-7-10-27(24)32)20-31(21-41-29)13-5-6-22-16-25(33)9-11-26(22)31/h8-9,11-12,16-17,19,24,27,38H,2-7,10,13-15,18,20-21H2,1H3,(H,35,37)/t24-,27+,31-,32+/m0/s1. The minimum absolute atomic E-state index is 0.0466. The van der Waals surface area contributed by atoms with Gasteiger partial charge in [0.2, 0.25) is 10.0 Å². The summed E-state index contributed by atoms with van der Waals surface area (Å²) in [7, 11) is -2.11. The van der Waals surface area contributed by atoms with Crippen LogP contribution in [0.1, 0.15) is 72.9 Å². The first kappa shape index (κ1) is 29.5. The first-order valence-corrected chi connectivity index (χ1v) is 17.2. The molecule has 1 spiro atoms. The van der Waals surface area contributed by atoms with Crippen LogP contribution in [-0.4, -0.2) is 63.7 Å². The maximum atomic E-state index is 13.2. The first-order valence-electron chi connectivity index (χ1n) is 15.1. The minimum Gasteiger partial charge on any atom is -0.490 e. The van der Waals surface area contributed by atoms with Gasteiger partial charge in [0.1, 0.15) is 11.4 Å². The van der Waals surface area contributed by atoms with Crippen LogP contribution in [0.3, 0.4) is 0 Å². The molecule has 226 valence electrons. The van der Waals surface area contributed by atoms with Gasteiger partial charge in [0.25, 0.3) is 5.91 Å². The number of aliphatic hydroxyl groups is 1. The predicted octanol–water partition coefficient (Wildman–Crippen LogP) is 4.90. The van der Waals surface area contributed by atoms with Crippen LogP contribution >= 0.6 is 11.6 Å². The number of rotatable bonds is 1. The third kappa shape index (κ3) is 5.67. The van der Waals surface area contributed by atoms with E-state index in [1.54, 1.807) is 31.5 Å². The van der Waals surface area contributed by atoms with Gasteiger partial charge in [0.05, 0.1) is 18.0 Å². The Labute approximate surface area is 253 Å². The summed E-state index contributed by atoms with van der Waals surface area (Å²) in [6.45, 7) is 1.86. The number of amides is 1. The number of hydrogen-bond donors (Lipinski definition) is 2. The summed E-state index contributed by atoms with van der Waals surface area (Å²) in [5.41, 5.74) is 2.25. The molecule has 2 bridgehead atoms. The molecular weight excluding hydrogens is 574 g/mol. The van der Waals surface area contributed by atoms with E-state index in [1.807, 2.05) is 6.07 Å². The Morgan fingerprint density at radius 1 is 1.12 bits per heavy atom. The summed E-state index contributed by atoms with van der Waals surface area (Å²) in [4.78, 5) is 19.7. The minimum atomic E-state index is -3.80. The van der Waals surface area contributed by atoms with E-state index >= 15 is 0 Å². The molecule has 10 heteroatoms. The number of benzene rings is 2. The molecule has 0 radical (unpaired) electrons. The van der Waals surface area contributed by atoms with Crippen LogP contribution in [0.15, 0.2) is 41.4 Å². The molecule has 6 rings (SSSR count). The fourth-order valence-corrected chi connectivity index (χ4v) is 8.96. The van der Waals surface area contributed by atoms with Crippen molar-refractivity contribution in [3.8, 4) is 5.75 Å². The lowest BCUT2D eigenvalue weighted by molar-refractivity contribution is -0.0328. The zero-order valence-electron chi connectivity index (χ0n) is 24.1. The van der Waals surface area contributed by atoms with Crippen molar-refractivity contribution < 1.29 is 23.1 Å². The number of nitrogens with zero attached hydrogens (tertiary/aromatic N) is 2. The number of carbonyl (C=O) groups is 1. The maximum Gasteiger partial charge on any atom is 0.264 e. The molecule has 0 aromatic heterocycles. The average Bonchev–Trinajstić information content (AvgIpc) is 3.07. The number of sulfonamides is 1. The van der Waals surface area contributed by atoms with Crippen LogP contribution in [0, 0.1) is 11.8 Å². The van der Waals surface area contributed by atoms with Gasteiger partial charge in [0.15, 0.2) is 0 Å². The molecule has 4 atom stereocenters. The molecule has 2 aliphatic carbocycles. The topological polar surface area (TPSA) is 108 Å². The van der Waals surface area contributed by atoms with E-state index in [4.69, 9.17) is 16.3 Å². The number of anilines is 1. The Morgan fingerprint density at radius 2 is 1.98 bits per heavy atom. The third-order valence-corrected chi connectivity index (χ3v) is 11.5. The average molecular weight is 614 g/mol. The van der Waals surface area contributed by atoms with Gasteiger partial charge >= 0.3 is 0 Å². The Morgan fingerprint density at radius 3 is 2.76 bits per heavy atom. The van der Waals surface area contributed by atoms with Gasteiger partial charge in [-0.05, 0) is 98.2 Å². The van der Waals surface area contributed by atoms with Gasteiger partial charge in [-0.25, -0.2) is 13.1 Å². The second-order valence-electron chi connectivity index (χ2n) is 12.7. The van der Waals surface area contributed by atoms with Crippen molar-refractivity contribution in [3.05, 3.63) is 58.1 Å². The van der Waals surface area contributed by atoms with Gasteiger partial charge in [-0.15, -0.1) is 0 Å². The summed E-state index contributed by atoms with van der Waals surface area (Å²) in [6.07, 6.45) is 8.81. The number of aliphatic imine (C=N–C) groups is 1. The van der Waals surface area contributed by atoms with Crippen LogP contribution in [0.2, 0.25) is 5.02 Å². The van der Waals surface area contributed by atoms with Crippen molar-refractivity contribution >= 4 is 39.4 Å². The molecular formula is C32H40ClN3O5S. The van der Waals surface area contributed by atoms with Crippen LogP contribution in [0.5, 0.6) is 5.75 Å². The molecule has 1 fully saturated rings. The van der Waals surface area contributed by atoms with Crippen LogP contribution < -0.4 is 14.4 Å². The van der Waals surface area contributed by atoms with Gasteiger partial charge in [-0.3, -0.25) is 9.79 Å². The van der Waals surface area contributed by atoms with Crippen molar-refractivity contribution in [1.82, 2.24) is 4.72 Å². The van der Waals surface area contributed by atoms with Gasteiger partial charge in [-0.2, -0.15) is 0 Å². The quantitative estimate of drug-likeness (QED) is 0.443. The lowest BCUT2D eigenvalue weighted by Gasteiger charge is -2.49. The van der Waals surface area contributed by atoms with E-state index in [2.05, 4.69) is 26.7 Å². The number of aryl methyl sites for hydroxylation is 1. The highest BCUT2D eigenvalue weighted by Crippen LogP contribution is 2.48. The number of carbonyl (C=O) groups excluding carboxylic acids is 1. The lowest BCUT2D eigenvalue weighted by Crippen LogP contribution is -2.53. The maximum absolute atomic E-state index is 13.2. The van der Waals surface area contributed by atoms with Gasteiger partial charge in [0, 0.05) is 42.4 Å². The van der Waals surface area contributed by atoms with E-state index in [0.717, 1.165) is 42.8 Å². The molecule has 2 N–H and O–H groups in total. The van der Waals surface area contributed by atoms with E-state index in [-0.39, 0.29) is 28.6 Å². The highest BCUT2D eigenvalue weighted by atomic mass is 35.5. The molecule has 0 saturated heterocycles. The first-order chi connectivity index (χ1) is 20.1. The molecule has 2 aliphatic heterocycles. The molecule has 0 unspecified atom stereocenters. The predicted molar refractivity (Wildman–Crippen MR) is 166 cm³/mol. The summed E-state index contributed by atoms with van der Waals surface area (Å²) in [5, 5.41) is 12.6. The normalized spacial score (nSPS) is 31.3. The fraction of sp³-hybridized carbons (Fsp3) is 0.562. The molecule has 8 nitrogen and oxygen atoms in total. The largest absolute Gasteiger partial charge is 0.490 e. The highest BCUT2D eigenvalue weighted by molar-refractivity contribution is 7.90. The number of nitrogens with one attached hydrogen (secondary N) is 1. The molecule has 4 aliphatic rings. The molecule has 2 aromatic carbocycles. The van der Waals surface area contributed by atoms with Crippen LogP contribution in [-0.2, 0) is 21.9 Å². The smallest absolute Gasteiger partial charge is 0.264 e. The summed E-state index contributed by atoms with van der Waals surface area (Å²) < 4.78 is 34.3. The fourth-order valence-electron chi connectivity index (χ4n) is 7.68. The summed E-state index contributed by atoms with van der Waals surface area (Å²) >= 11 is 6.39. The monoisotopic (exact) mass is 613 g/mol. The Balaban J connectivity index is 1.43. The molecule has 2 heterocycles. The van der Waals surface area contributed by atoms with Crippen molar-refractivity contribution in [2.24, 2.45) is 16.8 Å². The van der Waals surface area contributed by atoms with Crippen molar-refractivity contribution in [1.29, 1.82) is 0 Å². The Hall–Kier alpha value is -2.62. The van der Waals surface area contributed by atoms with E-state index in [9.17, 15) is 18.3 Å². The van der Waals surface area contributed by atoms with E-state index < -0.39 is 21.5 Å². The zero-order chi connectivity index (χ0) is 29.5. The van der Waals surface area contributed by atoms with E-state index in [0.29, 0.717) is 51.1 Å². The van der Waals surface area contributed by atoms with Crippen molar-refractivity contribution in [2.75, 3.05) is 37.4 Å². The Kier molecular flexibility index (Phi) is 8.04. The SMILES string of the molecule is CN=C[C@]1(O)CCCCCS(=O)(=O)NC(=O)c2ccc3c(c2)N(C[C@@H]2CC[C@H]21)C[C@@]1(CCCc2cc(Cl)ccc21)CO3. The van der Waals surface area contributed by atoms with Crippen LogP contribution in [0.25, 0.3) is 0 Å². The molecule has 2 aromatic rings. The van der Waals surface area contributed by atoms with Crippen molar-refractivity contribution in [3.63, 3.8) is 0 Å². The number of halogens is 1. The number of hydrogen-bond acceptors (Lipinski definition) is 7. The zero-order valence-corrected chi connectivity index (χ0v) is 25.7. The molecule has 42 heavy (non-hydrogen) atoms. The van der Waals surface area contributed by atoms with Gasteiger partial charge < -0.3 is 14.7 Å². The van der Waals surface area contributed by atoms with Gasteiger partial charge in [-0.1, -0.05) is 30.5 Å².